The predicted octanol–water partition coefficient (Wildman–Crippen LogP) is 13.8. The summed E-state index contributed by atoms with van der Waals surface area (Å²) in [6.45, 7) is 23.2. The van der Waals surface area contributed by atoms with Crippen LogP contribution in [0.25, 0.3) is 0 Å². The van der Waals surface area contributed by atoms with Crippen molar-refractivity contribution < 1.29 is 15.0 Å². The fourth-order valence-electron chi connectivity index (χ4n) is 8.95. The molecule has 10 atom stereocenters. The fraction of sp³-hybridized carbons (Fsp3) is 0.977. The molecule has 10 unspecified atom stereocenters. The molecule has 0 amide bonds. The van der Waals surface area contributed by atoms with Crippen LogP contribution in [0.2, 0.25) is 0 Å². The number of rotatable bonds is 32. The highest BCUT2D eigenvalue weighted by molar-refractivity contribution is 5.69. The van der Waals surface area contributed by atoms with Gasteiger partial charge >= 0.3 is 5.97 Å². The first kappa shape index (κ1) is 45.4. The molecule has 0 aromatic heterocycles. The van der Waals surface area contributed by atoms with Crippen LogP contribution in [-0.4, -0.2) is 22.3 Å². The lowest BCUT2D eigenvalue weighted by Crippen LogP contribution is -2.21. The van der Waals surface area contributed by atoms with E-state index in [1.807, 2.05) is 6.92 Å². The van der Waals surface area contributed by atoms with Crippen LogP contribution < -0.4 is 0 Å². The van der Waals surface area contributed by atoms with E-state index in [0.717, 1.165) is 49.4 Å². The summed E-state index contributed by atoms with van der Waals surface area (Å²) in [7, 11) is 0. The van der Waals surface area contributed by atoms with Crippen molar-refractivity contribution in [2.75, 3.05) is 0 Å². The van der Waals surface area contributed by atoms with E-state index in [-0.39, 0.29) is 12.0 Å². The zero-order chi connectivity index (χ0) is 34.9. The van der Waals surface area contributed by atoms with Crippen molar-refractivity contribution in [3.63, 3.8) is 0 Å². The normalized spacial score (nSPS) is 18.7. The maximum Gasteiger partial charge on any atom is 0.306 e. The fourth-order valence-corrected chi connectivity index (χ4v) is 8.95. The SMILES string of the molecule is CCCCCCCCCCCCCCCC(O)C(C)CC(C)CC(C)CC(C)CC(C)CC(C)CC(C)CC(C)CC(C)C(=O)O. The lowest BCUT2D eigenvalue weighted by Gasteiger charge is -2.27. The summed E-state index contributed by atoms with van der Waals surface area (Å²) in [5.74, 6) is 4.31. The molecule has 3 heteroatoms. The van der Waals surface area contributed by atoms with Gasteiger partial charge in [-0.05, 0) is 105 Å². The van der Waals surface area contributed by atoms with Crippen LogP contribution in [0.4, 0.5) is 0 Å². The Bertz CT molecular complexity index is 692. The summed E-state index contributed by atoms with van der Waals surface area (Å²) >= 11 is 0. The highest BCUT2D eigenvalue weighted by atomic mass is 16.4. The summed E-state index contributed by atoms with van der Waals surface area (Å²) in [5, 5.41) is 20.0. The molecule has 276 valence electrons. The average Bonchev–Trinajstić information content (AvgIpc) is 2.94. The number of aliphatic hydroxyl groups is 1. The Morgan fingerprint density at radius 1 is 0.435 bits per heavy atom. The predicted molar refractivity (Wildman–Crippen MR) is 203 cm³/mol. The first-order chi connectivity index (χ1) is 21.7. The zero-order valence-corrected chi connectivity index (χ0v) is 33.1. The van der Waals surface area contributed by atoms with E-state index in [0.29, 0.717) is 23.7 Å². The average molecular weight is 651 g/mol. The van der Waals surface area contributed by atoms with E-state index < -0.39 is 5.97 Å². The third kappa shape index (κ3) is 26.4. The molecule has 0 aliphatic heterocycles. The molecule has 0 saturated carbocycles. The highest BCUT2D eigenvalue weighted by Gasteiger charge is 2.22. The molecule has 2 N–H and O–H groups in total. The standard InChI is InChI=1S/C43H86O3/c1-11-12-13-14-15-16-17-18-19-20-21-22-23-24-42(44)40(9)31-38(7)29-36(5)27-34(3)25-33(2)26-35(4)28-37(6)30-39(8)32-41(10)43(45)46/h33-42,44H,11-32H2,1-10H3,(H,45,46). The molecule has 0 aromatic carbocycles. The molecule has 0 fully saturated rings. The molecule has 0 saturated heterocycles. The van der Waals surface area contributed by atoms with Crippen molar-refractivity contribution in [3.8, 4) is 0 Å². The van der Waals surface area contributed by atoms with E-state index in [1.54, 1.807) is 0 Å². The maximum absolute atomic E-state index is 11.2. The monoisotopic (exact) mass is 651 g/mol. The number of carboxylic acid groups (broad SMARTS) is 1. The summed E-state index contributed by atoms with van der Waals surface area (Å²) in [6, 6.07) is 0. The van der Waals surface area contributed by atoms with Gasteiger partial charge in [0.05, 0.1) is 12.0 Å². The smallest absolute Gasteiger partial charge is 0.306 e. The minimum Gasteiger partial charge on any atom is -0.481 e. The lowest BCUT2D eigenvalue weighted by molar-refractivity contribution is -0.141. The largest absolute Gasteiger partial charge is 0.481 e. The van der Waals surface area contributed by atoms with Crippen molar-refractivity contribution >= 4 is 5.97 Å². The number of unbranched alkanes of at least 4 members (excludes halogenated alkanes) is 12. The second-order valence-electron chi connectivity index (χ2n) is 17.4. The minimum atomic E-state index is -0.664. The van der Waals surface area contributed by atoms with Crippen LogP contribution in [0.15, 0.2) is 0 Å². The third-order valence-corrected chi connectivity index (χ3v) is 11.0. The van der Waals surface area contributed by atoms with Gasteiger partial charge in [0.25, 0.3) is 0 Å². The van der Waals surface area contributed by atoms with Crippen molar-refractivity contribution in [1.29, 1.82) is 0 Å². The molecule has 0 radical (unpaired) electrons. The summed E-state index contributed by atoms with van der Waals surface area (Å²) < 4.78 is 0. The van der Waals surface area contributed by atoms with Gasteiger partial charge in [0.15, 0.2) is 0 Å². The summed E-state index contributed by atoms with van der Waals surface area (Å²) in [5.41, 5.74) is 0. The van der Waals surface area contributed by atoms with E-state index >= 15 is 0 Å². The van der Waals surface area contributed by atoms with Crippen LogP contribution in [0.3, 0.4) is 0 Å². The Hall–Kier alpha value is -0.570. The van der Waals surface area contributed by atoms with Gasteiger partial charge < -0.3 is 10.2 Å². The van der Waals surface area contributed by atoms with Crippen molar-refractivity contribution in [2.45, 2.75) is 217 Å². The van der Waals surface area contributed by atoms with Crippen molar-refractivity contribution in [1.82, 2.24) is 0 Å². The third-order valence-electron chi connectivity index (χ3n) is 11.0. The molecule has 0 heterocycles. The number of carbonyl (C=O) groups is 1. The first-order valence-corrected chi connectivity index (χ1v) is 20.7. The number of carboxylic acids is 1. The van der Waals surface area contributed by atoms with E-state index in [4.69, 9.17) is 0 Å². The van der Waals surface area contributed by atoms with Crippen LogP contribution >= 0.6 is 0 Å². The van der Waals surface area contributed by atoms with E-state index in [9.17, 15) is 15.0 Å². The van der Waals surface area contributed by atoms with Gasteiger partial charge in [0.2, 0.25) is 0 Å². The van der Waals surface area contributed by atoms with Gasteiger partial charge in [-0.25, -0.2) is 0 Å². The van der Waals surface area contributed by atoms with Gasteiger partial charge in [-0.15, -0.1) is 0 Å². The molecule has 0 rings (SSSR count). The van der Waals surface area contributed by atoms with Gasteiger partial charge in [-0.1, -0.05) is 153 Å². The van der Waals surface area contributed by atoms with Crippen molar-refractivity contribution in [2.24, 2.45) is 53.3 Å². The Labute approximate surface area is 290 Å². The van der Waals surface area contributed by atoms with Crippen LogP contribution in [0.1, 0.15) is 210 Å². The molecule has 46 heavy (non-hydrogen) atoms. The quantitative estimate of drug-likeness (QED) is 0.0712. The molecule has 0 aliphatic rings. The molecular formula is C43H86O3. The Morgan fingerprint density at radius 3 is 1.04 bits per heavy atom. The van der Waals surface area contributed by atoms with Crippen LogP contribution in [0, 0.1) is 53.3 Å². The topological polar surface area (TPSA) is 57.5 Å². The highest BCUT2D eigenvalue weighted by Crippen LogP contribution is 2.32. The number of hydrogen-bond acceptors (Lipinski definition) is 2. The van der Waals surface area contributed by atoms with Gasteiger partial charge in [0.1, 0.15) is 0 Å². The molecule has 0 bridgehead atoms. The van der Waals surface area contributed by atoms with E-state index in [1.165, 1.54) is 116 Å². The Balaban J connectivity index is 4.04. The maximum atomic E-state index is 11.2. The molecule has 3 nitrogen and oxygen atoms in total. The van der Waals surface area contributed by atoms with Crippen molar-refractivity contribution in [3.05, 3.63) is 0 Å². The molecule has 0 aliphatic carbocycles. The summed E-state index contributed by atoms with van der Waals surface area (Å²) in [6.07, 6.45) is 28.3. The number of aliphatic carboxylic acids is 1. The second kappa shape index (κ2) is 28.3. The minimum absolute atomic E-state index is 0.133. The number of hydrogen-bond donors (Lipinski definition) is 2. The Morgan fingerprint density at radius 2 is 0.717 bits per heavy atom. The van der Waals surface area contributed by atoms with Gasteiger partial charge in [0, 0.05) is 0 Å². The van der Waals surface area contributed by atoms with Crippen LogP contribution in [0.5, 0.6) is 0 Å². The summed E-state index contributed by atoms with van der Waals surface area (Å²) in [4.78, 5) is 11.2. The first-order valence-electron chi connectivity index (χ1n) is 20.7. The van der Waals surface area contributed by atoms with E-state index in [2.05, 4.69) is 62.3 Å². The molecule has 0 aromatic rings. The molecular weight excluding hydrogens is 564 g/mol. The Kier molecular flexibility index (Phi) is 27.9. The van der Waals surface area contributed by atoms with Crippen LogP contribution in [-0.2, 0) is 4.79 Å². The lowest BCUT2D eigenvalue weighted by atomic mass is 9.79. The van der Waals surface area contributed by atoms with Gasteiger partial charge in [-0.3, -0.25) is 4.79 Å². The van der Waals surface area contributed by atoms with Gasteiger partial charge in [-0.2, -0.15) is 0 Å². The zero-order valence-electron chi connectivity index (χ0n) is 33.1. The molecule has 0 spiro atoms. The second-order valence-corrected chi connectivity index (χ2v) is 17.4. The number of aliphatic hydroxyl groups excluding tert-OH is 1.